The summed E-state index contributed by atoms with van der Waals surface area (Å²) >= 11 is 0. The van der Waals surface area contributed by atoms with Gasteiger partial charge in [-0.3, -0.25) is 0 Å². The second-order valence-electron chi connectivity index (χ2n) is 4.12. The lowest BCUT2D eigenvalue weighted by Gasteiger charge is -2.12. The topological polar surface area (TPSA) is 72.2 Å². The number of nitrogens with two attached hydrogens (primary N) is 1. The number of anilines is 3. The predicted octanol–water partition coefficient (Wildman–Crippen LogP) is 2.55. The van der Waals surface area contributed by atoms with E-state index >= 15 is 0 Å². The van der Waals surface area contributed by atoms with Gasteiger partial charge in [-0.15, -0.1) is 0 Å². The zero-order valence-electron chi connectivity index (χ0n) is 10.2. The number of hydrogen-bond acceptors (Lipinski definition) is 4. The summed E-state index contributed by atoms with van der Waals surface area (Å²) in [6.07, 6.45) is 1.09. The van der Waals surface area contributed by atoms with Gasteiger partial charge in [0.1, 0.15) is 5.82 Å². The first-order valence-electron chi connectivity index (χ1n) is 5.49. The lowest BCUT2D eigenvalue weighted by molar-refractivity contribution is 0.602. The van der Waals surface area contributed by atoms with E-state index in [4.69, 9.17) is 5.73 Å². The Balaban J connectivity index is 2.42. The molecule has 0 aliphatic carbocycles. The zero-order valence-corrected chi connectivity index (χ0v) is 11.0. The van der Waals surface area contributed by atoms with Crippen molar-refractivity contribution in [3.05, 3.63) is 48.3 Å². The van der Waals surface area contributed by atoms with Crippen LogP contribution in [0.1, 0.15) is 0 Å². The third-order valence-electron chi connectivity index (χ3n) is 2.57. The summed E-state index contributed by atoms with van der Waals surface area (Å²) in [6.45, 7) is 0. The highest BCUT2D eigenvalue weighted by Gasteiger charge is 2.14. The minimum absolute atomic E-state index is 0.0499. The quantitative estimate of drug-likeness (QED) is 0.848. The largest absolute Gasteiger partial charge is 0.396 e. The number of hydrogen-bond donors (Lipinski definition) is 2. The maximum absolute atomic E-state index is 13.1. The second-order valence-corrected chi connectivity index (χ2v) is 6.11. The number of benzene rings is 2. The molecule has 0 amide bonds. The molecule has 0 fully saturated rings. The third-order valence-corrected chi connectivity index (χ3v) is 3.72. The van der Waals surface area contributed by atoms with Crippen molar-refractivity contribution < 1.29 is 12.8 Å². The van der Waals surface area contributed by atoms with Crippen LogP contribution in [0.15, 0.2) is 47.4 Å². The van der Waals surface area contributed by atoms with Crippen LogP contribution in [0, 0.1) is 5.82 Å². The Labute approximate surface area is 111 Å². The van der Waals surface area contributed by atoms with Crippen LogP contribution < -0.4 is 11.1 Å². The van der Waals surface area contributed by atoms with Gasteiger partial charge < -0.3 is 11.1 Å². The van der Waals surface area contributed by atoms with Crippen molar-refractivity contribution in [3.8, 4) is 0 Å². The summed E-state index contributed by atoms with van der Waals surface area (Å²) in [5, 5.41) is 2.90. The Morgan fingerprint density at radius 1 is 1.16 bits per heavy atom. The molecular formula is C13H13FN2O2S. The van der Waals surface area contributed by atoms with Crippen LogP contribution in [0.25, 0.3) is 0 Å². The van der Waals surface area contributed by atoms with Crippen molar-refractivity contribution in [2.75, 3.05) is 17.3 Å². The van der Waals surface area contributed by atoms with Crippen molar-refractivity contribution in [1.82, 2.24) is 0 Å². The van der Waals surface area contributed by atoms with E-state index in [1.165, 1.54) is 18.2 Å². The second kappa shape index (κ2) is 4.89. The molecule has 6 heteroatoms. The van der Waals surface area contributed by atoms with E-state index in [-0.39, 0.29) is 16.4 Å². The van der Waals surface area contributed by atoms with Crippen molar-refractivity contribution in [1.29, 1.82) is 0 Å². The van der Waals surface area contributed by atoms with Crippen molar-refractivity contribution in [2.24, 2.45) is 0 Å². The van der Waals surface area contributed by atoms with Gasteiger partial charge in [0, 0.05) is 11.9 Å². The minimum Gasteiger partial charge on any atom is -0.396 e. The molecule has 2 rings (SSSR count). The molecule has 0 aromatic heterocycles. The number of halogens is 1. The highest BCUT2D eigenvalue weighted by molar-refractivity contribution is 7.90. The lowest BCUT2D eigenvalue weighted by Crippen LogP contribution is -2.05. The van der Waals surface area contributed by atoms with Gasteiger partial charge in [0.25, 0.3) is 0 Å². The SMILES string of the molecule is CS(=O)(=O)c1cccc(Nc2cccc(F)c2)c1N. The van der Waals surface area contributed by atoms with Gasteiger partial charge in [0.2, 0.25) is 0 Å². The number of rotatable bonds is 3. The summed E-state index contributed by atoms with van der Waals surface area (Å²) in [4.78, 5) is 0.0499. The first kappa shape index (κ1) is 13.4. The highest BCUT2D eigenvalue weighted by atomic mass is 32.2. The van der Waals surface area contributed by atoms with Crippen LogP contribution in [-0.2, 0) is 9.84 Å². The maximum Gasteiger partial charge on any atom is 0.177 e. The molecule has 2 aromatic carbocycles. The average Bonchev–Trinajstić information content (AvgIpc) is 2.30. The molecule has 0 saturated carbocycles. The van der Waals surface area contributed by atoms with Crippen LogP contribution in [0.4, 0.5) is 21.5 Å². The molecular weight excluding hydrogens is 267 g/mol. The van der Waals surface area contributed by atoms with E-state index in [2.05, 4.69) is 5.32 Å². The first-order chi connectivity index (χ1) is 8.88. The molecule has 3 N–H and O–H groups in total. The molecule has 2 aromatic rings. The van der Waals surface area contributed by atoms with Crippen LogP contribution in [0.5, 0.6) is 0 Å². The van der Waals surface area contributed by atoms with Crippen LogP contribution in [0.2, 0.25) is 0 Å². The van der Waals surface area contributed by atoms with Crippen LogP contribution in [-0.4, -0.2) is 14.7 Å². The lowest BCUT2D eigenvalue weighted by atomic mass is 10.2. The zero-order chi connectivity index (χ0) is 14.0. The van der Waals surface area contributed by atoms with Gasteiger partial charge in [-0.25, -0.2) is 12.8 Å². The summed E-state index contributed by atoms with van der Waals surface area (Å²) in [5.74, 6) is -0.386. The summed E-state index contributed by atoms with van der Waals surface area (Å²) in [7, 11) is -3.40. The highest BCUT2D eigenvalue weighted by Crippen LogP contribution is 2.29. The molecule has 4 nitrogen and oxygen atoms in total. The number of nitrogens with one attached hydrogen (secondary N) is 1. The standard InChI is InChI=1S/C13H13FN2O2S/c1-19(17,18)12-7-3-6-11(13(12)15)16-10-5-2-4-9(14)8-10/h2-8,16H,15H2,1H3. The average molecular weight is 280 g/mol. The summed E-state index contributed by atoms with van der Waals surface area (Å²) in [5.41, 5.74) is 6.86. The van der Waals surface area contributed by atoms with Gasteiger partial charge in [-0.1, -0.05) is 12.1 Å². The Bertz CT molecular complexity index is 714. The monoisotopic (exact) mass is 280 g/mol. The molecule has 100 valence electrons. The molecule has 0 bridgehead atoms. The molecule has 0 spiro atoms. The van der Waals surface area contributed by atoms with Gasteiger partial charge in [0.15, 0.2) is 9.84 Å². The molecule has 0 aliphatic rings. The Hall–Kier alpha value is -2.08. The molecule has 0 unspecified atom stereocenters. The van der Waals surface area contributed by atoms with Gasteiger partial charge in [-0.05, 0) is 30.3 Å². The number of sulfone groups is 1. The molecule has 0 saturated heterocycles. The fourth-order valence-electron chi connectivity index (χ4n) is 1.70. The van der Waals surface area contributed by atoms with Gasteiger partial charge in [0.05, 0.1) is 16.3 Å². The molecule has 19 heavy (non-hydrogen) atoms. The smallest absolute Gasteiger partial charge is 0.177 e. The molecule has 0 atom stereocenters. The van der Waals surface area contributed by atoms with E-state index < -0.39 is 9.84 Å². The van der Waals surface area contributed by atoms with E-state index in [1.807, 2.05) is 0 Å². The van der Waals surface area contributed by atoms with Crippen LogP contribution in [0.3, 0.4) is 0 Å². The normalized spacial score (nSPS) is 11.3. The van der Waals surface area contributed by atoms with Crippen LogP contribution >= 0.6 is 0 Å². The first-order valence-corrected chi connectivity index (χ1v) is 7.38. The fraction of sp³-hybridized carbons (Fsp3) is 0.0769. The minimum atomic E-state index is -3.40. The van der Waals surface area contributed by atoms with E-state index in [0.717, 1.165) is 6.26 Å². The number of nitrogen functional groups attached to an aromatic ring is 1. The van der Waals surface area contributed by atoms with E-state index in [1.54, 1.807) is 24.3 Å². The summed E-state index contributed by atoms with van der Waals surface area (Å²) < 4.78 is 36.2. The molecule has 0 aliphatic heterocycles. The molecule has 0 radical (unpaired) electrons. The fourth-order valence-corrected chi connectivity index (χ4v) is 2.53. The van der Waals surface area contributed by atoms with Crippen molar-refractivity contribution in [3.63, 3.8) is 0 Å². The molecule has 0 heterocycles. The predicted molar refractivity (Wildman–Crippen MR) is 73.6 cm³/mol. The van der Waals surface area contributed by atoms with Gasteiger partial charge in [-0.2, -0.15) is 0 Å². The van der Waals surface area contributed by atoms with Crippen molar-refractivity contribution in [2.45, 2.75) is 4.90 Å². The van der Waals surface area contributed by atoms with Crippen molar-refractivity contribution >= 4 is 26.9 Å². The summed E-state index contributed by atoms with van der Waals surface area (Å²) in [6, 6.07) is 10.5. The van der Waals surface area contributed by atoms with E-state index in [9.17, 15) is 12.8 Å². The van der Waals surface area contributed by atoms with Gasteiger partial charge >= 0.3 is 0 Å². The Kier molecular flexibility index (Phi) is 3.44. The number of para-hydroxylation sites is 1. The Morgan fingerprint density at radius 2 is 1.84 bits per heavy atom. The third kappa shape index (κ3) is 3.03. The van der Waals surface area contributed by atoms with E-state index in [0.29, 0.717) is 11.4 Å². The maximum atomic E-state index is 13.1. The Morgan fingerprint density at radius 3 is 2.47 bits per heavy atom.